The van der Waals surface area contributed by atoms with Gasteiger partial charge in [0.1, 0.15) is 0 Å². The quantitative estimate of drug-likeness (QED) is 0.792. The Kier molecular flexibility index (Phi) is 6.04. The molecular formula is C13H17BrClNO3S. The Hall–Kier alpha value is -0.590. The molecule has 0 saturated heterocycles. The van der Waals surface area contributed by atoms with Gasteiger partial charge in [0.15, 0.2) is 0 Å². The molecule has 4 nitrogen and oxygen atoms in total. The Morgan fingerprint density at radius 2 is 2.00 bits per heavy atom. The maximum Gasteiger partial charge on any atom is 0.262 e. The second-order valence-electron chi connectivity index (χ2n) is 4.73. The maximum atomic E-state index is 12.1. The van der Waals surface area contributed by atoms with Crippen molar-refractivity contribution in [1.29, 1.82) is 0 Å². The molecule has 1 amide bonds. The Labute approximate surface area is 132 Å². The van der Waals surface area contributed by atoms with Crippen molar-refractivity contribution in [1.82, 2.24) is 5.32 Å². The average Bonchev–Trinajstić information content (AvgIpc) is 2.36. The van der Waals surface area contributed by atoms with Crippen LogP contribution in [0.5, 0.6) is 0 Å². The van der Waals surface area contributed by atoms with Crippen LogP contribution in [0.4, 0.5) is 0 Å². The average molecular weight is 383 g/mol. The molecule has 0 spiro atoms. The predicted octanol–water partition coefficient (Wildman–Crippen LogP) is 3.54. The van der Waals surface area contributed by atoms with Crippen LogP contribution >= 0.6 is 26.6 Å². The summed E-state index contributed by atoms with van der Waals surface area (Å²) in [5.41, 5.74) is 0.266. The lowest BCUT2D eigenvalue weighted by atomic mass is 10.0. The molecule has 0 heterocycles. The van der Waals surface area contributed by atoms with Gasteiger partial charge in [0, 0.05) is 26.8 Å². The first kappa shape index (κ1) is 17.5. The van der Waals surface area contributed by atoms with Crippen molar-refractivity contribution in [2.45, 2.75) is 38.1 Å². The molecule has 1 aromatic rings. The topological polar surface area (TPSA) is 63.2 Å². The van der Waals surface area contributed by atoms with E-state index in [0.717, 1.165) is 6.42 Å². The zero-order valence-electron chi connectivity index (χ0n) is 11.5. The molecule has 0 saturated carbocycles. The van der Waals surface area contributed by atoms with Gasteiger partial charge in [0.05, 0.1) is 4.90 Å². The largest absolute Gasteiger partial charge is 0.349 e. The molecule has 0 aromatic heterocycles. The highest BCUT2D eigenvalue weighted by Crippen LogP contribution is 2.26. The second kappa shape index (κ2) is 6.91. The van der Waals surface area contributed by atoms with Crippen LogP contribution in [-0.2, 0) is 9.05 Å². The number of rotatable bonds is 5. The Morgan fingerprint density at radius 1 is 1.40 bits per heavy atom. The summed E-state index contributed by atoms with van der Waals surface area (Å²) in [6, 6.07) is 4.32. The Bertz CT molecular complexity index is 604. The molecule has 20 heavy (non-hydrogen) atoms. The molecule has 0 radical (unpaired) electrons. The molecule has 2 unspecified atom stereocenters. The SMILES string of the molecule is CCC(C)C(C)NC(=O)c1ccc(Br)c(S(=O)(=O)Cl)c1. The zero-order chi connectivity index (χ0) is 15.5. The summed E-state index contributed by atoms with van der Waals surface area (Å²) in [5, 5.41) is 2.85. The molecule has 0 aliphatic heterocycles. The lowest BCUT2D eigenvalue weighted by molar-refractivity contribution is 0.0928. The van der Waals surface area contributed by atoms with Crippen molar-refractivity contribution in [3.63, 3.8) is 0 Å². The van der Waals surface area contributed by atoms with Gasteiger partial charge in [-0.25, -0.2) is 8.42 Å². The van der Waals surface area contributed by atoms with E-state index in [4.69, 9.17) is 10.7 Å². The van der Waals surface area contributed by atoms with Crippen LogP contribution in [0.25, 0.3) is 0 Å². The number of nitrogens with one attached hydrogen (secondary N) is 1. The number of amides is 1. The second-order valence-corrected chi connectivity index (χ2v) is 8.12. The van der Waals surface area contributed by atoms with Crippen LogP contribution in [0.2, 0.25) is 0 Å². The number of carbonyl (C=O) groups is 1. The van der Waals surface area contributed by atoms with E-state index in [1.807, 2.05) is 20.8 Å². The van der Waals surface area contributed by atoms with Gasteiger partial charge in [0.2, 0.25) is 0 Å². The standard InChI is InChI=1S/C13H17BrClNO3S/c1-4-8(2)9(3)16-13(17)10-5-6-11(14)12(7-10)20(15,18)19/h5-9H,4H2,1-3H3,(H,16,17). The molecule has 0 bridgehead atoms. The van der Waals surface area contributed by atoms with E-state index in [0.29, 0.717) is 10.4 Å². The minimum absolute atomic E-state index is 0.00667. The highest BCUT2D eigenvalue weighted by atomic mass is 79.9. The highest BCUT2D eigenvalue weighted by molar-refractivity contribution is 9.10. The lowest BCUT2D eigenvalue weighted by Gasteiger charge is -2.20. The van der Waals surface area contributed by atoms with Crippen molar-refractivity contribution in [2.24, 2.45) is 5.92 Å². The molecule has 7 heteroatoms. The molecule has 1 N–H and O–H groups in total. The summed E-state index contributed by atoms with van der Waals surface area (Å²) < 4.78 is 23.2. The van der Waals surface area contributed by atoms with Gasteiger partial charge in [-0.05, 0) is 47.0 Å². The van der Waals surface area contributed by atoms with Crippen molar-refractivity contribution in [3.05, 3.63) is 28.2 Å². The molecule has 0 aliphatic carbocycles. The van der Waals surface area contributed by atoms with Crippen LogP contribution in [0, 0.1) is 5.92 Å². The van der Waals surface area contributed by atoms with E-state index in [1.54, 1.807) is 6.07 Å². The number of hydrogen-bond donors (Lipinski definition) is 1. The summed E-state index contributed by atoms with van der Waals surface area (Å²) in [4.78, 5) is 12.0. The first-order valence-electron chi connectivity index (χ1n) is 6.21. The van der Waals surface area contributed by atoms with Crippen LogP contribution in [0.3, 0.4) is 0 Å². The van der Waals surface area contributed by atoms with Crippen LogP contribution < -0.4 is 5.32 Å². The van der Waals surface area contributed by atoms with Crippen molar-refractivity contribution >= 4 is 41.6 Å². The minimum Gasteiger partial charge on any atom is -0.349 e. The third kappa shape index (κ3) is 4.46. The summed E-state index contributed by atoms with van der Waals surface area (Å²) in [6.45, 7) is 6.01. The van der Waals surface area contributed by atoms with E-state index in [-0.39, 0.29) is 22.4 Å². The highest BCUT2D eigenvalue weighted by Gasteiger charge is 2.19. The van der Waals surface area contributed by atoms with Gasteiger partial charge in [-0.15, -0.1) is 0 Å². The predicted molar refractivity (Wildman–Crippen MR) is 83.6 cm³/mol. The molecule has 0 fully saturated rings. The summed E-state index contributed by atoms with van der Waals surface area (Å²) in [7, 11) is 1.44. The monoisotopic (exact) mass is 381 g/mol. The van der Waals surface area contributed by atoms with E-state index < -0.39 is 9.05 Å². The van der Waals surface area contributed by atoms with E-state index >= 15 is 0 Å². The van der Waals surface area contributed by atoms with Crippen LogP contribution in [-0.4, -0.2) is 20.4 Å². The van der Waals surface area contributed by atoms with Gasteiger partial charge in [-0.2, -0.15) is 0 Å². The lowest BCUT2D eigenvalue weighted by Crippen LogP contribution is -2.36. The van der Waals surface area contributed by atoms with E-state index in [9.17, 15) is 13.2 Å². The Morgan fingerprint density at radius 3 is 2.50 bits per heavy atom. The molecule has 2 atom stereocenters. The normalized spacial score (nSPS) is 14.7. The Balaban J connectivity index is 3.01. The van der Waals surface area contributed by atoms with Crippen molar-refractivity contribution < 1.29 is 13.2 Å². The molecule has 1 aromatic carbocycles. The molecular weight excluding hydrogens is 366 g/mol. The third-order valence-electron chi connectivity index (χ3n) is 3.31. The van der Waals surface area contributed by atoms with E-state index in [2.05, 4.69) is 21.2 Å². The number of hydrogen-bond acceptors (Lipinski definition) is 3. The summed E-state index contributed by atoms with van der Waals surface area (Å²) in [5.74, 6) is 0.0255. The fourth-order valence-electron chi connectivity index (χ4n) is 1.62. The van der Waals surface area contributed by atoms with Gasteiger partial charge >= 0.3 is 0 Å². The van der Waals surface area contributed by atoms with Gasteiger partial charge < -0.3 is 5.32 Å². The smallest absolute Gasteiger partial charge is 0.262 e. The number of halogens is 2. The number of carbonyl (C=O) groups excluding carboxylic acids is 1. The fourth-order valence-corrected chi connectivity index (χ4v) is 3.73. The zero-order valence-corrected chi connectivity index (χ0v) is 14.6. The minimum atomic E-state index is -3.89. The van der Waals surface area contributed by atoms with Gasteiger partial charge in [-0.3, -0.25) is 4.79 Å². The van der Waals surface area contributed by atoms with Gasteiger partial charge in [0.25, 0.3) is 15.0 Å². The van der Waals surface area contributed by atoms with Crippen molar-refractivity contribution in [2.75, 3.05) is 0 Å². The first-order valence-corrected chi connectivity index (χ1v) is 9.32. The molecule has 0 aliphatic rings. The van der Waals surface area contributed by atoms with Crippen LogP contribution in [0.15, 0.2) is 27.6 Å². The third-order valence-corrected chi connectivity index (χ3v) is 5.63. The van der Waals surface area contributed by atoms with E-state index in [1.165, 1.54) is 12.1 Å². The fraction of sp³-hybridized carbons (Fsp3) is 0.462. The summed E-state index contributed by atoms with van der Waals surface area (Å²) >= 11 is 3.11. The molecule has 1 rings (SSSR count). The van der Waals surface area contributed by atoms with Gasteiger partial charge in [-0.1, -0.05) is 20.3 Å². The summed E-state index contributed by atoms with van der Waals surface area (Å²) in [6.07, 6.45) is 0.948. The van der Waals surface area contributed by atoms with Crippen molar-refractivity contribution in [3.8, 4) is 0 Å². The maximum absolute atomic E-state index is 12.1. The first-order chi connectivity index (χ1) is 9.16. The van der Waals surface area contributed by atoms with Crippen LogP contribution in [0.1, 0.15) is 37.6 Å². The number of benzene rings is 1. The molecule has 112 valence electrons.